The number of aromatic amines is 2. The maximum atomic E-state index is 13.4. The second kappa shape index (κ2) is 9.85. The minimum absolute atomic E-state index is 0.181. The number of carbonyl (C=O) groups is 2. The van der Waals surface area contributed by atoms with Gasteiger partial charge in [-0.05, 0) is 18.4 Å². The molecule has 196 valence electrons. The number of nitrogens with zero attached hydrogens (tertiary/aromatic N) is 6. The third-order valence-corrected chi connectivity index (χ3v) is 6.67. The van der Waals surface area contributed by atoms with Crippen LogP contribution in [0.4, 0.5) is 0 Å². The summed E-state index contributed by atoms with van der Waals surface area (Å²) in [4.78, 5) is 47.4. The van der Waals surface area contributed by atoms with Crippen molar-refractivity contribution in [2.45, 2.75) is 12.8 Å². The Hall–Kier alpha value is -5.33. The van der Waals surface area contributed by atoms with Gasteiger partial charge in [0.2, 0.25) is 5.89 Å². The molecule has 1 aromatic carbocycles. The van der Waals surface area contributed by atoms with Crippen LogP contribution in [0.5, 0.6) is 5.75 Å². The molecular formula is C26H22N8O5. The molecule has 5 aromatic rings. The summed E-state index contributed by atoms with van der Waals surface area (Å²) in [5.74, 6) is -0.967. The molecule has 4 aromatic heterocycles. The van der Waals surface area contributed by atoms with E-state index in [9.17, 15) is 14.4 Å². The van der Waals surface area contributed by atoms with E-state index in [1.807, 2.05) is 30.3 Å². The van der Waals surface area contributed by atoms with E-state index < -0.39 is 17.4 Å². The van der Waals surface area contributed by atoms with Crippen molar-refractivity contribution in [3.05, 3.63) is 88.3 Å². The van der Waals surface area contributed by atoms with Gasteiger partial charge in [0.1, 0.15) is 5.75 Å². The highest BCUT2D eigenvalue weighted by atomic mass is 16.5. The van der Waals surface area contributed by atoms with E-state index in [0.29, 0.717) is 54.0 Å². The molecule has 0 unspecified atom stereocenters. The van der Waals surface area contributed by atoms with Crippen molar-refractivity contribution in [2.75, 3.05) is 20.2 Å². The maximum absolute atomic E-state index is 13.4. The third kappa shape index (κ3) is 4.29. The fraction of sp³-hybridized carbons (Fsp3) is 0.192. The van der Waals surface area contributed by atoms with Gasteiger partial charge in [0, 0.05) is 24.9 Å². The summed E-state index contributed by atoms with van der Waals surface area (Å²) in [6.07, 6.45) is 7.06. The van der Waals surface area contributed by atoms with Crippen molar-refractivity contribution in [3.8, 4) is 11.6 Å². The SMILES string of the molecule is COc1cnc(-n2ccnn2)c2[nH]cc(C(=O)C(=O)N3CCC(=C(c4ccccc4)c4n[nH]c(=O)o4)CC3)c12. The molecule has 39 heavy (non-hydrogen) atoms. The Balaban J connectivity index is 1.28. The number of methoxy groups -OCH3 is 1. The van der Waals surface area contributed by atoms with Crippen molar-refractivity contribution in [2.24, 2.45) is 0 Å². The normalized spacial score (nSPS) is 13.6. The number of likely N-dealkylation sites (tertiary alicyclic amines) is 1. The molecule has 1 saturated heterocycles. The number of aromatic nitrogens is 7. The number of hydrogen-bond acceptors (Lipinski definition) is 9. The Bertz CT molecular complexity index is 1750. The van der Waals surface area contributed by atoms with Gasteiger partial charge in [0.05, 0.1) is 42.2 Å². The number of fused-ring (bicyclic) bond motifs is 1. The molecule has 0 atom stereocenters. The molecule has 0 bridgehead atoms. The Kier molecular flexibility index (Phi) is 6.07. The fourth-order valence-corrected chi connectivity index (χ4v) is 4.84. The molecule has 0 spiro atoms. The molecule has 5 heterocycles. The lowest BCUT2D eigenvalue weighted by Crippen LogP contribution is -2.40. The monoisotopic (exact) mass is 526 g/mol. The first kappa shape index (κ1) is 24.0. The quantitative estimate of drug-likeness (QED) is 0.249. The number of H-pyrrole nitrogens is 2. The molecule has 13 nitrogen and oxygen atoms in total. The first-order valence-corrected chi connectivity index (χ1v) is 12.1. The van der Waals surface area contributed by atoms with E-state index in [-0.39, 0.29) is 11.5 Å². The largest absolute Gasteiger partial charge is 0.494 e. The zero-order valence-corrected chi connectivity index (χ0v) is 20.7. The van der Waals surface area contributed by atoms with E-state index in [1.165, 1.54) is 35.3 Å². The summed E-state index contributed by atoms with van der Waals surface area (Å²) in [5, 5.41) is 14.6. The van der Waals surface area contributed by atoms with Crippen molar-refractivity contribution in [1.29, 1.82) is 0 Å². The highest BCUT2D eigenvalue weighted by molar-refractivity contribution is 6.45. The van der Waals surface area contributed by atoms with Gasteiger partial charge in [0.25, 0.3) is 11.7 Å². The van der Waals surface area contributed by atoms with Gasteiger partial charge in [-0.3, -0.25) is 9.59 Å². The number of nitrogens with one attached hydrogen (secondary N) is 2. The number of ketones is 1. The molecule has 0 radical (unpaired) electrons. The molecule has 0 saturated carbocycles. The number of pyridine rings is 1. The smallest absolute Gasteiger partial charge is 0.434 e. The number of hydrogen-bond donors (Lipinski definition) is 2. The molecule has 1 aliphatic rings. The fourth-order valence-electron chi connectivity index (χ4n) is 4.84. The second-order valence-electron chi connectivity index (χ2n) is 8.83. The number of amides is 1. The van der Waals surface area contributed by atoms with Gasteiger partial charge in [-0.2, -0.15) is 0 Å². The number of piperidine rings is 1. The van der Waals surface area contributed by atoms with Crippen LogP contribution >= 0.6 is 0 Å². The molecule has 1 amide bonds. The first-order chi connectivity index (χ1) is 19.0. The minimum Gasteiger partial charge on any atom is -0.494 e. The van der Waals surface area contributed by atoms with Crippen LogP contribution in [-0.4, -0.2) is 71.9 Å². The van der Waals surface area contributed by atoms with Crippen LogP contribution in [0.25, 0.3) is 22.3 Å². The second-order valence-corrected chi connectivity index (χ2v) is 8.83. The Labute approximate surface area is 220 Å². The third-order valence-electron chi connectivity index (χ3n) is 6.67. The van der Waals surface area contributed by atoms with Gasteiger partial charge in [0.15, 0.2) is 5.82 Å². The topological polar surface area (TPSA) is 165 Å². The zero-order valence-electron chi connectivity index (χ0n) is 20.7. The molecule has 6 rings (SSSR count). The van der Waals surface area contributed by atoms with Gasteiger partial charge in [-0.15, -0.1) is 10.2 Å². The Morgan fingerprint density at radius 3 is 2.59 bits per heavy atom. The summed E-state index contributed by atoms with van der Waals surface area (Å²) in [6.45, 7) is 0.631. The number of ether oxygens (including phenoxy) is 1. The minimum atomic E-state index is -0.663. The van der Waals surface area contributed by atoms with Crippen LogP contribution in [0.1, 0.15) is 34.7 Å². The number of Topliss-reactive ketones (excluding diaryl/α,β-unsaturated/α-hetero) is 1. The standard InChI is InChI=1S/C26H22N8O5/c1-38-18-14-28-23(34-12-9-29-32-34)21-20(18)17(13-27-21)22(35)25(36)33-10-7-16(8-11-33)19(15-5-3-2-4-6-15)24-30-31-26(37)39-24/h2-6,9,12-14,27H,7-8,10-11H2,1H3,(H,31,37). The van der Waals surface area contributed by atoms with Crippen molar-refractivity contribution in [1.82, 2.24) is 40.1 Å². The van der Waals surface area contributed by atoms with E-state index in [2.05, 4.69) is 30.5 Å². The van der Waals surface area contributed by atoms with Crippen molar-refractivity contribution < 1.29 is 18.7 Å². The maximum Gasteiger partial charge on any atom is 0.434 e. The Morgan fingerprint density at radius 1 is 1.13 bits per heavy atom. The summed E-state index contributed by atoms with van der Waals surface area (Å²) in [6, 6.07) is 9.48. The number of rotatable bonds is 6. The average molecular weight is 527 g/mol. The van der Waals surface area contributed by atoms with Crippen LogP contribution in [-0.2, 0) is 4.79 Å². The van der Waals surface area contributed by atoms with E-state index >= 15 is 0 Å². The molecular weight excluding hydrogens is 504 g/mol. The van der Waals surface area contributed by atoms with Crippen LogP contribution in [0.15, 0.2) is 69.9 Å². The molecule has 1 fully saturated rings. The lowest BCUT2D eigenvalue weighted by atomic mass is 9.92. The summed E-state index contributed by atoms with van der Waals surface area (Å²) < 4.78 is 12.2. The molecule has 1 aliphatic heterocycles. The van der Waals surface area contributed by atoms with Crippen LogP contribution in [0.2, 0.25) is 0 Å². The van der Waals surface area contributed by atoms with E-state index in [0.717, 1.165) is 11.1 Å². The van der Waals surface area contributed by atoms with E-state index in [1.54, 1.807) is 6.20 Å². The van der Waals surface area contributed by atoms with Gasteiger partial charge in [-0.25, -0.2) is 19.6 Å². The van der Waals surface area contributed by atoms with Gasteiger partial charge >= 0.3 is 5.76 Å². The van der Waals surface area contributed by atoms with Crippen LogP contribution in [0.3, 0.4) is 0 Å². The van der Waals surface area contributed by atoms with Gasteiger partial charge < -0.3 is 19.0 Å². The van der Waals surface area contributed by atoms with Crippen molar-refractivity contribution >= 4 is 28.2 Å². The highest BCUT2D eigenvalue weighted by Gasteiger charge is 2.31. The molecule has 0 aliphatic carbocycles. The lowest BCUT2D eigenvalue weighted by Gasteiger charge is -2.29. The summed E-state index contributed by atoms with van der Waals surface area (Å²) in [7, 11) is 1.47. The number of carbonyl (C=O) groups excluding carboxylic acids is 2. The zero-order chi connectivity index (χ0) is 26.9. The highest BCUT2D eigenvalue weighted by Crippen LogP contribution is 2.33. The molecule has 13 heteroatoms. The summed E-state index contributed by atoms with van der Waals surface area (Å²) in [5.41, 5.74) is 3.21. The van der Waals surface area contributed by atoms with Crippen molar-refractivity contribution in [3.63, 3.8) is 0 Å². The van der Waals surface area contributed by atoms with Crippen LogP contribution in [0, 0.1) is 0 Å². The molecule has 2 N–H and O–H groups in total. The predicted molar refractivity (Wildman–Crippen MR) is 137 cm³/mol. The number of benzene rings is 1. The Morgan fingerprint density at radius 2 is 1.92 bits per heavy atom. The van der Waals surface area contributed by atoms with Crippen LogP contribution < -0.4 is 10.5 Å². The lowest BCUT2D eigenvalue weighted by molar-refractivity contribution is -0.126. The first-order valence-electron chi connectivity index (χ1n) is 12.1. The predicted octanol–water partition coefficient (Wildman–Crippen LogP) is 2.14. The van der Waals surface area contributed by atoms with E-state index in [4.69, 9.17) is 9.15 Å². The summed E-state index contributed by atoms with van der Waals surface area (Å²) >= 11 is 0. The van der Waals surface area contributed by atoms with Gasteiger partial charge in [-0.1, -0.05) is 41.1 Å². The average Bonchev–Trinajstić information content (AvgIpc) is 3.75.